The number of phenols is 1. The zero-order valence-corrected chi connectivity index (χ0v) is 9.44. The number of phenolic OH excluding ortho intramolecular Hbond substituents is 1. The first-order valence-electron chi connectivity index (χ1n) is 5.17. The van der Waals surface area contributed by atoms with Crippen molar-refractivity contribution in [1.82, 2.24) is 9.78 Å². The Morgan fingerprint density at radius 3 is 2.56 bits per heavy atom. The summed E-state index contributed by atoms with van der Waals surface area (Å²) in [6.45, 7) is 2.75. The minimum Gasteiger partial charge on any atom is -0.508 e. The van der Waals surface area contributed by atoms with E-state index in [2.05, 4.69) is 10.4 Å². The molecule has 1 aromatic carbocycles. The third-order valence-corrected chi connectivity index (χ3v) is 2.65. The Morgan fingerprint density at radius 1 is 1.31 bits per heavy atom. The molecule has 2 N–H and O–H groups in total. The molecular weight excluding hydrogens is 202 g/mol. The quantitative estimate of drug-likeness (QED) is 0.827. The van der Waals surface area contributed by atoms with E-state index < -0.39 is 0 Å². The summed E-state index contributed by atoms with van der Waals surface area (Å²) in [5.74, 6) is 0.293. The van der Waals surface area contributed by atoms with Crippen molar-refractivity contribution < 1.29 is 5.11 Å². The Balaban J connectivity index is 2.02. The van der Waals surface area contributed by atoms with E-state index in [0.717, 1.165) is 23.5 Å². The van der Waals surface area contributed by atoms with Gasteiger partial charge in [-0.15, -0.1) is 0 Å². The van der Waals surface area contributed by atoms with Gasteiger partial charge < -0.3 is 10.4 Å². The fourth-order valence-electron chi connectivity index (χ4n) is 1.48. The predicted molar refractivity (Wildman–Crippen MR) is 63.4 cm³/mol. The van der Waals surface area contributed by atoms with Gasteiger partial charge in [-0.25, -0.2) is 0 Å². The summed E-state index contributed by atoms with van der Waals surface area (Å²) in [5, 5.41) is 16.6. The summed E-state index contributed by atoms with van der Waals surface area (Å²) >= 11 is 0. The summed E-state index contributed by atoms with van der Waals surface area (Å²) in [4.78, 5) is 0. The maximum Gasteiger partial charge on any atom is 0.115 e. The Bertz CT molecular complexity index is 474. The number of anilines is 1. The summed E-state index contributed by atoms with van der Waals surface area (Å²) in [5.41, 5.74) is 3.27. The monoisotopic (exact) mass is 217 g/mol. The van der Waals surface area contributed by atoms with Crippen molar-refractivity contribution in [3.05, 3.63) is 41.7 Å². The van der Waals surface area contributed by atoms with Gasteiger partial charge in [-0.3, -0.25) is 4.68 Å². The van der Waals surface area contributed by atoms with E-state index in [-0.39, 0.29) is 0 Å². The molecule has 0 bridgehead atoms. The van der Waals surface area contributed by atoms with Crippen LogP contribution in [-0.4, -0.2) is 14.9 Å². The van der Waals surface area contributed by atoms with Crippen LogP contribution in [0.15, 0.2) is 30.5 Å². The van der Waals surface area contributed by atoms with Gasteiger partial charge in [0.25, 0.3) is 0 Å². The topological polar surface area (TPSA) is 50.1 Å². The molecule has 0 saturated carbocycles. The SMILES string of the molecule is Cc1c(NCc2ccc(O)cc2)cnn1C. The van der Waals surface area contributed by atoms with Crippen LogP contribution >= 0.6 is 0 Å². The number of aromatic hydroxyl groups is 1. The highest BCUT2D eigenvalue weighted by Crippen LogP contribution is 2.15. The first kappa shape index (κ1) is 10.5. The molecule has 4 heteroatoms. The number of nitrogens with zero attached hydrogens (tertiary/aromatic N) is 2. The summed E-state index contributed by atoms with van der Waals surface area (Å²) < 4.78 is 1.83. The second-order valence-electron chi connectivity index (χ2n) is 3.79. The molecule has 0 aliphatic heterocycles. The van der Waals surface area contributed by atoms with Gasteiger partial charge in [-0.05, 0) is 24.6 Å². The molecule has 0 fully saturated rings. The van der Waals surface area contributed by atoms with Gasteiger partial charge in [0.2, 0.25) is 0 Å². The zero-order chi connectivity index (χ0) is 11.5. The van der Waals surface area contributed by atoms with E-state index in [1.165, 1.54) is 0 Å². The lowest BCUT2D eigenvalue weighted by Crippen LogP contribution is -2.00. The minimum absolute atomic E-state index is 0.293. The van der Waals surface area contributed by atoms with Crippen molar-refractivity contribution in [2.45, 2.75) is 13.5 Å². The molecule has 0 aliphatic rings. The molecule has 2 rings (SSSR count). The zero-order valence-electron chi connectivity index (χ0n) is 9.44. The number of nitrogens with one attached hydrogen (secondary N) is 1. The fourth-order valence-corrected chi connectivity index (χ4v) is 1.48. The normalized spacial score (nSPS) is 10.4. The number of aromatic nitrogens is 2. The largest absolute Gasteiger partial charge is 0.508 e. The van der Waals surface area contributed by atoms with Crippen molar-refractivity contribution in [2.75, 3.05) is 5.32 Å². The van der Waals surface area contributed by atoms with Gasteiger partial charge >= 0.3 is 0 Å². The molecule has 0 spiro atoms. The van der Waals surface area contributed by atoms with Gasteiger partial charge in [-0.1, -0.05) is 12.1 Å². The Morgan fingerprint density at radius 2 is 2.00 bits per heavy atom. The molecule has 0 radical (unpaired) electrons. The van der Waals surface area contributed by atoms with Crippen LogP contribution in [0.2, 0.25) is 0 Å². The standard InChI is InChI=1S/C12H15N3O/c1-9-12(8-14-15(9)2)13-7-10-3-5-11(16)6-4-10/h3-6,8,13,16H,7H2,1-2H3. The maximum atomic E-state index is 9.16. The van der Waals surface area contributed by atoms with Gasteiger partial charge in [-0.2, -0.15) is 5.10 Å². The third kappa shape index (κ3) is 2.16. The molecule has 0 aliphatic carbocycles. The van der Waals surface area contributed by atoms with Gasteiger partial charge in [0, 0.05) is 13.6 Å². The first-order valence-corrected chi connectivity index (χ1v) is 5.17. The average Bonchev–Trinajstić information content (AvgIpc) is 2.60. The number of benzene rings is 1. The van der Waals surface area contributed by atoms with Crippen LogP contribution in [0.3, 0.4) is 0 Å². The third-order valence-electron chi connectivity index (χ3n) is 2.65. The summed E-state index contributed by atoms with van der Waals surface area (Å²) in [6.07, 6.45) is 1.82. The van der Waals surface area contributed by atoms with Gasteiger partial charge in [0.15, 0.2) is 0 Å². The van der Waals surface area contributed by atoms with Gasteiger partial charge in [0.1, 0.15) is 5.75 Å². The Hall–Kier alpha value is -1.97. The van der Waals surface area contributed by atoms with Crippen LogP contribution in [0.5, 0.6) is 5.75 Å². The maximum absolute atomic E-state index is 9.16. The van der Waals surface area contributed by atoms with E-state index in [9.17, 15) is 0 Å². The second kappa shape index (κ2) is 4.26. The van der Waals surface area contributed by atoms with Crippen molar-refractivity contribution in [3.63, 3.8) is 0 Å². The summed E-state index contributed by atoms with van der Waals surface area (Å²) in [6, 6.07) is 7.17. The van der Waals surface area contributed by atoms with Crippen LogP contribution in [0.1, 0.15) is 11.3 Å². The number of aryl methyl sites for hydroxylation is 1. The van der Waals surface area contributed by atoms with Crippen LogP contribution < -0.4 is 5.32 Å². The number of rotatable bonds is 3. The van der Waals surface area contributed by atoms with Crippen molar-refractivity contribution in [2.24, 2.45) is 7.05 Å². The van der Waals surface area contributed by atoms with Crippen molar-refractivity contribution in [1.29, 1.82) is 0 Å². The van der Waals surface area contributed by atoms with E-state index in [1.807, 2.05) is 37.0 Å². The van der Waals surface area contributed by atoms with Crippen LogP contribution in [0.25, 0.3) is 0 Å². The lowest BCUT2D eigenvalue weighted by atomic mass is 10.2. The highest BCUT2D eigenvalue weighted by Gasteiger charge is 2.02. The van der Waals surface area contributed by atoms with Crippen LogP contribution in [0, 0.1) is 6.92 Å². The Labute approximate surface area is 94.5 Å². The molecule has 1 heterocycles. The molecule has 4 nitrogen and oxygen atoms in total. The molecule has 0 atom stereocenters. The lowest BCUT2D eigenvalue weighted by Gasteiger charge is -2.05. The van der Waals surface area contributed by atoms with Crippen molar-refractivity contribution >= 4 is 5.69 Å². The van der Waals surface area contributed by atoms with Crippen LogP contribution in [-0.2, 0) is 13.6 Å². The highest BCUT2D eigenvalue weighted by molar-refractivity contribution is 5.46. The molecule has 0 amide bonds. The molecule has 2 aromatic rings. The molecule has 0 unspecified atom stereocenters. The number of hydrogen-bond donors (Lipinski definition) is 2. The van der Waals surface area contributed by atoms with E-state index in [4.69, 9.17) is 5.11 Å². The second-order valence-corrected chi connectivity index (χ2v) is 3.79. The predicted octanol–water partition coefficient (Wildman–Crippen LogP) is 2.05. The van der Waals surface area contributed by atoms with Gasteiger partial charge in [0.05, 0.1) is 17.6 Å². The van der Waals surface area contributed by atoms with Crippen molar-refractivity contribution in [3.8, 4) is 5.75 Å². The molecule has 16 heavy (non-hydrogen) atoms. The highest BCUT2D eigenvalue weighted by atomic mass is 16.3. The van der Waals surface area contributed by atoms with E-state index >= 15 is 0 Å². The minimum atomic E-state index is 0.293. The average molecular weight is 217 g/mol. The first-order chi connectivity index (χ1) is 7.66. The molecular formula is C12H15N3O. The lowest BCUT2D eigenvalue weighted by molar-refractivity contribution is 0.475. The van der Waals surface area contributed by atoms with Crippen LogP contribution in [0.4, 0.5) is 5.69 Å². The van der Waals surface area contributed by atoms with E-state index in [1.54, 1.807) is 12.1 Å². The Kier molecular flexibility index (Phi) is 2.81. The smallest absolute Gasteiger partial charge is 0.115 e. The number of hydrogen-bond acceptors (Lipinski definition) is 3. The summed E-state index contributed by atoms with van der Waals surface area (Å²) in [7, 11) is 1.92. The molecule has 1 aromatic heterocycles. The molecule has 0 saturated heterocycles. The molecule has 84 valence electrons. The van der Waals surface area contributed by atoms with E-state index in [0.29, 0.717) is 5.75 Å². The fraction of sp³-hybridized carbons (Fsp3) is 0.250.